The lowest BCUT2D eigenvalue weighted by atomic mass is 10.1. The van der Waals surface area contributed by atoms with E-state index in [0.29, 0.717) is 19.6 Å². The summed E-state index contributed by atoms with van der Waals surface area (Å²) in [7, 11) is 0. The SMILES string of the molecule is CCN(CCO)c1ncnc(NCCN2CCCCC2)c1[N+](=O)[O-]. The molecule has 0 radical (unpaired) electrons. The Bertz CT molecular complexity index is 536. The van der Waals surface area contributed by atoms with Crippen LogP contribution >= 0.6 is 0 Å². The number of nitrogens with zero attached hydrogens (tertiary/aromatic N) is 5. The van der Waals surface area contributed by atoms with Crippen molar-refractivity contribution in [3.8, 4) is 0 Å². The highest BCUT2D eigenvalue weighted by Gasteiger charge is 2.26. The van der Waals surface area contributed by atoms with E-state index in [0.717, 1.165) is 19.6 Å². The largest absolute Gasteiger partial charge is 0.395 e. The van der Waals surface area contributed by atoms with Gasteiger partial charge in [-0.15, -0.1) is 0 Å². The van der Waals surface area contributed by atoms with Crippen molar-refractivity contribution in [1.82, 2.24) is 14.9 Å². The van der Waals surface area contributed by atoms with Crippen LogP contribution in [0.5, 0.6) is 0 Å². The van der Waals surface area contributed by atoms with Crippen molar-refractivity contribution in [2.45, 2.75) is 26.2 Å². The molecule has 1 aliphatic rings. The van der Waals surface area contributed by atoms with Crippen molar-refractivity contribution >= 4 is 17.3 Å². The van der Waals surface area contributed by atoms with Gasteiger partial charge in [-0.05, 0) is 32.9 Å². The third-order valence-electron chi connectivity index (χ3n) is 4.21. The van der Waals surface area contributed by atoms with E-state index in [2.05, 4.69) is 20.2 Å². The third-order valence-corrected chi connectivity index (χ3v) is 4.21. The average Bonchev–Trinajstić information content (AvgIpc) is 2.60. The van der Waals surface area contributed by atoms with Gasteiger partial charge < -0.3 is 20.2 Å². The Balaban J connectivity index is 2.09. The molecule has 9 nitrogen and oxygen atoms in total. The summed E-state index contributed by atoms with van der Waals surface area (Å²) in [5, 5.41) is 23.7. The molecular formula is C15H26N6O3. The lowest BCUT2D eigenvalue weighted by Crippen LogP contribution is -2.34. The zero-order valence-corrected chi connectivity index (χ0v) is 14.1. The van der Waals surface area contributed by atoms with Gasteiger partial charge in [-0.3, -0.25) is 10.1 Å². The van der Waals surface area contributed by atoms with Gasteiger partial charge in [0.2, 0.25) is 11.6 Å². The zero-order chi connectivity index (χ0) is 17.4. The van der Waals surface area contributed by atoms with Gasteiger partial charge in [0.15, 0.2) is 0 Å². The molecule has 1 aromatic heterocycles. The highest BCUT2D eigenvalue weighted by atomic mass is 16.6. The molecule has 0 aliphatic carbocycles. The first-order valence-corrected chi connectivity index (χ1v) is 8.48. The molecule has 9 heteroatoms. The Labute approximate surface area is 141 Å². The number of likely N-dealkylation sites (N-methyl/N-ethyl adjacent to an activating group) is 1. The summed E-state index contributed by atoms with van der Waals surface area (Å²) in [5.41, 5.74) is -0.133. The van der Waals surface area contributed by atoms with Gasteiger partial charge in [0.05, 0.1) is 11.5 Å². The van der Waals surface area contributed by atoms with Gasteiger partial charge in [0, 0.05) is 26.2 Å². The maximum absolute atomic E-state index is 11.5. The first-order chi connectivity index (χ1) is 11.7. The van der Waals surface area contributed by atoms with Crippen LogP contribution < -0.4 is 10.2 Å². The molecule has 1 fully saturated rings. The van der Waals surface area contributed by atoms with Crippen molar-refractivity contribution in [2.75, 3.05) is 56.1 Å². The monoisotopic (exact) mass is 338 g/mol. The minimum atomic E-state index is -0.460. The van der Waals surface area contributed by atoms with E-state index in [4.69, 9.17) is 5.11 Å². The lowest BCUT2D eigenvalue weighted by Gasteiger charge is -2.26. The van der Waals surface area contributed by atoms with Crippen LogP contribution in [0, 0.1) is 10.1 Å². The Morgan fingerprint density at radius 2 is 2.12 bits per heavy atom. The van der Waals surface area contributed by atoms with E-state index in [1.807, 2.05) is 6.92 Å². The smallest absolute Gasteiger partial charge is 0.353 e. The Hall–Kier alpha value is -2.00. The van der Waals surface area contributed by atoms with Crippen molar-refractivity contribution in [3.05, 3.63) is 16.4 Å². The summed E-state index contributed by atoms with van der Waals surface area (Å²) in [6, 6.07) is 0. The van der Waals surface area contributed by atoms with E-state index in [9.17, 15) is 10.1 Å². The minimum absolute atomic E-state index is 0.0906. The highest BCUT2D eigenvalue weighted by molar-refractivity contribution is 5.70. The summed E-state index contributed by atoms with van der Waals surface area (Å²) in [4.78, 5) is 23.2. The molecule has 2 rings (SSSR count). The number of nitrogens with one attached hydrogen (secondary N) is 1. The molecule has 0 saturated carbocycles. The van der Waals surface area contributed by atoms with Crippen molar-refractivity contribution < 1.29 is 10.0 Å². The van der Waals surface area contributed by atoms with Crippen LogP contribution in [0.3, 0.4) is 0 Å². The number of piperidine rings is 1. The fourth-order valence-electron chi connectivity index (χ4n) is 2.95. The Morgan fingerprint density at radius 1 is 1.38 bits per heavy atom. The molecule has 1 saturated heterocycles. The molecular weight excluding hydrogens is 312 g/mol. The minimum Gasteiger partial charge on any atom is -0.395 e. The van der Waals surface area contributed by atoms with Gasteiger partial charge in [-0.1, -0.05) is 6.42 Å². The number of aromatic nitrogens is 2. The Kier molecular flexibility index (Phi) is 7.13. The van der Waals surface area contributed by atoms with Gasteiger partial charge in [0.25, 0.3) is 0 Å². The number of rotatable bonds is 9. The number of nitro groups is 1. The fraction of sp³-hybridized carbons (Fsp3) is 0.733. The molecule has 2 heterocycles. The molecule has 0 amide bonds. The Morgan fingerprint density at radius 3 is 2.75 bits per heavy atom. The number of aliphatic hydroxyl groups excluding tert-OH is 1. The quantitative estimate of drug-likeness (QED) is 0.509. The van der Waals surface area contributed by atoms with E-state index in [-0.39, 0.29) is 23.9 Å². The van der Waals surface area contributed by atoms with Crippen molar-refractivity contribution in [3.63, 3.8) is 0 Å². The lowest BCUT2D eigenvalue weighted by molar-refractivity contribution is -0.383. The van der Waals surface area contributed by atoms with E-state index < -0.39 is 4.92 Å². The highest BCUT2D eigenvalue weighted by Crippen LogP contribution is 2.31. The number of hydrogen-bond donors (Lipinski definition) is 2. The fourth-order valence-corrected chi connectivity index (χ4v) is 2.95. The predicted octanol–water partition coefficient (Wildman–Crippen LogP) is 1.10. The average molecular weight is 338 g/mol. The second kappa shape index (κ2) is 9.33. The van der Waals surface area contributed by atoms with Crippen LogP contribution in [-0.2, 0) is 0 Å². The maximum Gasteiger partial charge on any atom is 0.353 e. The zero-order valence-electron chi connectivity index (χ0n) is 14.1. The van der Waals surface area contributed by atoms with Crippen LogP contribution in [0.4, 0.5) is 17.3 Å². The number of hydrogen-bond acceptors (Lipinski definition) is 8. The first kappa shape index (κ1) is 18.3. The molecule has 24 heavy (non-hydrogen) atoms. The first-order valence-electron chi connectivity index (χ1n) is 8.48. The van der Waals surface area contributed by atoms with Crippen LogP contribution in [0.25, 0.3) is 0 Å². The van der Waals surface area contributed by atoms with E-state index in [1.54, 1.807) is 4.90 Å². The van der Waals surface area contributed by atoms with Crippen LogP contribution in [-0.4, -0.2) is 70.8 Å². The third kappa shape index (κ3) is 4.75. The summed E-state index contributed by atoms with van der Waals surface area (Å²) >= 11 is 0. The van der Waals surface area contributed by atoms with Gasteiger partial charge in [-0.25, -0.2) is 9.97 Å². The predicted molar refractivity (Wildman–Crippen MR) is 92.4 cm³/mol. The molecule has 0 aromatic carbocycles. The van der Waals surface area contributed by atoms with Crippen LogP contribution in [0.2, 0.25) is 0 Å². The second-order valence-electron chi connectivity index (χ2n) is 5.78. The summed E-state index contributed by atoms with van der Waals surface area (Å²) < 4.78 is 0. The van der Waals surface area contributed by atoms with Crippen molar-refractivity contribution in [1.29, 1.82) is 0 Å². The topological polar surface area (TPSA) is 108 Å². The summed E-state index contributed by atoms with van der Waals surface area (Å²) in [5.74, 6) is 0.477. The van der Waals surface area contributed by atoms with Crippen LogP contribution in [0.1, 0.15) is 26.2 Å². The molecule has 0 atom stereocenters. The molecule has 1 aromatic rings. The summed E-state index contributed by atoms with van der Waals surface area (Å²) in [6.45, 7) is 6.19. The molecule has 0 bridgehead atoms. The maximum atomic E-state index is 11.5. The molecule has 1 aliphatic heterocycles. The number of anilines is 2. The molecule has 0 unspecified atom stereocenters. The van der Waals surface area contributed by atoms with Gasteiger partial charge in [-0.2, -0.15) is 0 Å². The standard InChI is InChI=1S/C15H26N6O3/c1-2-20(10-11-22)15-13(21(23)24)14(17-12-18-15)16-6-9-19-7-4-3-5-8-19/h12,22H,2-11H2,1H3,(H,16,17,18). The van der Waals surface area contributed by atoms with E-state index in [1.165, 1.54) is 25.6 Å². The van der Waals surface area contributed by atoms with Crippen molar-refractivity contribution in [2.24, 2.45) is 0 Å². The van der Waals surface area contributed by atoms with Gasteiger partial charge >= 0.3 is 5.69 Å². The number of aliphatic hydroxyl groups is 1. The summed E-state index contributed by atoms with van der Waals surface area (Å²) in [6.07, 6.45) is 5.03. The second-order valence-corrected chi connectivity index (χ2v) is 5.78. The van der Waals surface area contributed by atoms with E-state index >= 15 is 0 Å². The normalized spacial score (nSPS) is 15.2. The van der Waals surface area contributed by atoms with Gasteiger partial charge in [0.1, 0.15) is 6.33 Å². The molecule has 2 N–H and O–H groups in total. The number of likely N-dealkylation sites (tertiary alicyclic amines) is 1. The molecule has 134 valence electrons. The van der Waals surface area contributed by atoms with Crippen LogP contribution in [0.15, 0.2) is 6.33 Å². The molecule has 0 spiro atoms.